The van der Waals surface area contributed by atoms with Gasteiger partial charge in [0.25, 0.3) is 0 Å². The molecule has 2 rings (SSSR count). The Bertz CT molecular complexity index is 711. The normalized spacial score (nSPS) is 12.5. The number of carbonyl (C=O) groups is 1. The number of nitrogens with one attached hydrogen (secondary N) is 1. The topological polar surface area (TPSA) is 38.3 Å². The summed E-state index contributed by atoms with van der Waals surface area (Å²) < 4.78 is 44.0. The molecular formula is C19H20F3NO2. The molecule has 6 heteroatoms. The predicted octanol–water partition coefficient (Wildman–Crippen LogP) is 4.14. The molecule has 0 aromatic heterocycles. The van der Waals surface area contributed by atoms with Gasteiger partial charge >= 0.3 is 6.18 Å². The number of rotatable bonds is 6. The van der Waals surface area contributed by atoms with Crippen LogP contribution in [-0.2, 0) is 17.4 Å². The van der Waals surface area contributed by atoms with Crippen molar-refractivity contribution in [3.05, 3.63) is 65.2 Å². The number of hydrogen-bond donors (Lipinski definition) is 1. The Morgan fingerprint density at radius 3 is 2.40 bits per heavy atom. The zero-order chi connectivity index (χ0) is 18.4. The van der Waals surface area contributed by atoms with Gasteiger partial charge in [-0.2, -0.15) is 13.2 Å². The van der Waals surface area contributed by atoms with Gasteiger partial charge in [0, 0.05) is 0 Å². The zero-order valence-electron chi connectivity index (χ0n) is 14.1. The SMILES string of the molecule is Cc1ccc(CC(=O)NC(C)COc2ccccc2C(F)(F)F)cc1. The third kappa shape index (κ3) is 5.81. The van der Waals surface area contributed by atoms with Crippen LogP contribution in [0.15, 0.2) is 48.5 Å². The molecule has 0 aliphatic heterocycles. The van der Waals surface area contributed by atoms with Gasteiger partial charge in [-0.05, 0) is 31.5 Å². The summed E-state index contributed by atoms with van der Waals surface area (Å²) in [7, 11) is 0. The molecule has 25 heavy (non-hydrogen) atoms. The first kappa shape index (κ1) is 18.8. The Morgan fingerprint density at radius 2 is 1.76 bits per heavy atom. The fourth-order valence-electron chi connectivity index (χ4n) is 2.30. The van der Waals surface area contributed by atoms with Gasteiger partial charge in [-0.15, -0.1) is 0 Å². The summed E-state index contributed by atoms with van der Waals surface area (Å²) in [4.78, 5) is 12.0. The van der Waals surface area contributed by atoms with Crippen LogP contribution in [-0.4, -0.2) is 18.6 Å². The average Bonchev–Trinajstić information content (AvgIpc) is 2.54. The van der Waals surface area contributed by atoms with Gasteiger partial charge in [0.15, 0.2) is 0 Å². The van der Waals surface area contributed by atoms with Gasteiger partial charge in [-0.25, -0.2) is 0 Å². The van der Waals surface area contributed by atoms with Gasteiger partial charge in [-0.1, -0.05) is 42.0 Å². The smallest absolute Gasteiger partial charge is 0.419 e. The number of ether oxygens (including phenoxy) is 1. The van der Waals surface area contributed by atoms with Crippen LogP contribution in [0, 0.1) is 6.92 Å². The van der Waals surface area contributed by atoms with Gasteiger partial charge in [0.05, 0.1) is 18.0 Å². The molecule has 1 unspecified atom stereocenters. The molecule has 134 valence electrons. The lowest BCUT2D eigenvalue weighted by atomic mass is 10.1. The van der Waals surface area contributed by atoms with E-state index >= 15 is 0 Å². The summed E-state index contributed by atoms with van der Waals surface area (Å²) in [6.07, 6.45) is -4.27. The highest BCUT2D eigenvalue weighted by Gasteiger charge is 2.34. The summed E-state index contributed by atoms with van der Waals surface area (Å²) in [5.41, 5.74) is 1.15. The summed E-state index contributed by atoms with van der Waals surface area (Å²) in [5.74, 6) is -0.446. The number of aryl methyl sites for hydroxylation is 1. The second-order valence-electron chi connectivity index (χ2n) is 5.94. The summed E-state index contributed by atoms with van der Waals surface area (Å²) in [6.45, 7) is 3.60. The fourth-order valence-corrected chi connectivity index (χ4v) is 2.30. The summed E-state index contributed by atoms with van der Waals surface area (Å²) >= 11 is 0. The largest absolute Gasteiger partial charge is 0.491 e. The zero-order valence-corrected chi connectivity index (χ0v) is 14.1. The molecule has 1 atom stereocenters. The van der Waals surface area contributed by atoms with Crippen LogP contribution >= 0.6 is 0 Å². The van der Waals surface area contributed by atoms with Crippen molar-refractivity contribution in [2.75, 3.05) is 6.61 Å². The van der Waals surface area contributed by atoms with E-state index in [9.17, 15) is 18.0 Å². The van der Waals surface area contributed by atoms with E-state index < -0.39 is 17.8 Å². The molecule has 0 heterocycles. The predicted molar refractivity (Wildman–Crippen MR) is 89.4 cm³/mol. The van der Waals surface area contributed by atoms with Crippen molar-refractivity contribution in [1.82, 2.24) is 5.32 Å². The van der Waals surface area contributed by atoms with Crippen molar-refractivity contribution in [2.45, 2.75) is 32.5 Å². The minimum Gasteiger partial charge on any atom is -0.491 e. The van der Waals surface area contributed by atoms with Crippen molar-refractivity contribution < 1.29 is 22.7 Å². The first-order chi connectivity index (χ1) is 11.8. The van der Waals surface area contributed by atoms with E-state index in [0.29, 0.717) is 0 Å². The van der Waals surface area contributed by atoms with Crippen LogP contribution in [0.1, 0.15) is 23.6 Å². The van der Waals surface area contributed by atoms with Crippen LogP contribution in [0.5, 0.6) is 5.75 Å². The molecule has 0 fully saturated rings. The van der Waals surface area contributed by atoms with Crippen molar-refractivity contribution in [2.24, 2.45) is 0 Å². The minimum atomic E-state index is -4.48. The molecule has 0 bridgehead atoms. The van der Waals surface area contributed by atoms with Crippen molar-refractivity contribution in [1.29, 1.82) is 0 Å². The van der Waals surface area contributed by atoms with Crippen molar-refractivity contribution in [3.63, 3.8) is 0 Å². The van der Waals surface area contributed by atoms with E-state index in [1.54, 1.807) is 6.92 Å². The van der Waals surface area contributed by atoms with Gasteiger partial charge in [-0.3, -0.25) is 4.79 Å². The van der Waals surface area contributed by atoms with Gasteiger partial charge in [0.2, 0.25) is 5.91 Å². The van der Waals surface area contributed by atoms with Gasteiger partial charge in [0.1, 0.15) is 12.4 Å². The van der Waals surface area contributed by atoms with E-state index in [-0.39, 0.29) is 24.7 Å². The third-order valence-corrected chi connectivity index (χ3v) is 3.57. The Labute approximate surface area is 144 Å². The van der Waals surface area contributed by atoms with E-state index in [1.165, 1.54) is 18.2 Å². The Hall–Kier alpha value is -2.50. The van der Waals surface area contributed by atoms with Crippen molar-refractivity contribution in [3.8, 4) is 5.75 Å². The number of benzene rings is 2. The van der Waals surface area contributed by atoms with Crippen LogP contribution in [0.2, 0.25) is 0 Å². The fraction of sp³-hybridized carbons (Fsp3) is 0.316. The molecule has 3 nitrogen and oxygen atoms in total. The maximum Gasteiger partial charge on any atom is 0.419 e. The first-order valence-corrected chi connectivity index (χ1v) is 7.89. The van der Waals surface area contributed by atoms with E-state index in [1.807, 2.05) is 31.2 Å². The van der Waals surface area contributed by atoms with Crippen LogP contribution in [0.25, 0.3) is 0 Å². The van der Waals surface area contributed by atoms with Crippen LogP contribution in [0.3, 0.4) is 0 Å². The molecule has 0 saturated heterocycles. The Morgan fingerprint density at radius 1 is 1.12 bits per heavy atom. The number of para-hydroxylation sites is 1. The van der Waals surface area contributed by atoms with E-state index in [0.717, 1.165) is 17.2 Å². The number of carbonyl (C=O) groups excluding carboxylic acids is 1. The highest BCUT2D eigenvalue weighted by Crippen LogP contribution is 2.35. The molecule has 2 aromatic carbocycles. The lowest BCUT2D eigenvalue weighted by molar-refractivity contribution is -0.139. The summed E-state index contributed by atoms with van der Waals surface area (Å²) in [6, 6.07) is 12.2. The number of hydrogen-bond acceptors (Lipinski definition) is 2. The molecule has 1 amide bonds. The van der Waals surface area contributed by atoms with Crippen LogP contribution < -0.4 is 10.1 Å². The average molecular weight is 351 g/mol. The molecule has 0 saturated carbocycles. The number of amides is 1. The minimum absolute atomic E-state index is 0.0489. The maximum atomic E-state index is 12.9. The van der Waals surface area contributed by atoms with E-state index in [4.69, 9.17) is 4.74 Å². The van der Waals surface area contributed by atoms with Crippen LogP contribution in [0.4, 0.5) is 13.2 Å². The maximum absolute atomic E-state index is 12.9. The van der Waals surface area contributed by atoms with Gasteiger partial charge < -0.3 is 10.1 Å². The summed E-state index contributed by atoms with van der Waals surface area (Å²) in [5, 5.41) is 2.73. The lowest BCUT2D eigenvalue weighted by Gasteiger charge is -2.18. The first-order valence-electron chi connectivity index (χ1n) is 7.89. The standard InChI is InChI=1S/C19H20F3NO2/c1-13-7-9-15(10-8-13)11-18(24)23-14(2)12-25-17-6-4-3-5-16(17)19(20,21)22/h3-10,14H,11-12H2,1-2H3,(H,23,24). The number of alkyl halides is 3. The molecule has 2 aromatic rings. The Kier molecular flexibility index (Phi) is 6.07. The molecule has 0 aliphatic carbocycles. The molecule has 1 N–H and O–H groups in total. The molecule has 0 spiro atoms. The second-order valence-corrected chi connectivity index (χ2v) is 5.94. The molecule has 0 aliphatic rings. The van der Waals surface area contributed by atoms with E-state index in [2.05, 4.69) is 5.32 Å². The molecule has 0 radical (unpaired) electrons. The molecular weight excluding hydrogens is 331 g/mol. The Balaban J connectivity index is 1.87. The lowest BCUT2D eigenvalue weighted by Crippen LogP contribution is -2.37. The quantitative estimate of drug-likeness (QED) is 0.849. The highest BCUT2D eigenvalue weighted by molar-refractivity contribution is 5.78. The third-order valence-electron chi connectivity index (χ3n) is 3.57. The number of halogens is 3. The second kappa shape index (κ2) is 8.05. The monoisotopic (exact) mass is 351 g/mol. The van der Waals surface area contributed by atoms with Crippen molar-refractivity contribution >= 4 is 5.91 Å². The highest BCUT2D eigenvalue weighted by atomic mass is 19.4.